The van der Waals surface area contributed by atoms with Crippen LogP contribution in [0.5, 0.6) is 0 Å². The third-order valence-corrected chi connectivity index (χ3v) is 3.35. The number of unbranched alkanes of at least 4 members (excludes halogenated alkanes) is 4. The van der Waals surface area contributed by atoms with Gasteiger partial charge in [0.1, 0.15) is 5.60 Å². The van der Waals surface area contributed by atoms with Gasteiger partial charge in [-0.15, -0.1) is 0 Å². The molecule has 1 saturated heterocycles. The zero-order valence-corrected chi connectivity index (χ0v) is 10.7. The normalized spacial score (nSPS) is 29.1. The highest BCUT2D eigenvalue weighted by Gasteiger charge is 2.44. The molecule has 1 rings (SSSR count). The van der Waals surface area contributed by atoms with E-state index < -0.39 is 0 Å². The Morgan fingerprint density at radius 3 is 2.62 bits per heavy atom. The predicted molar refractivity (Wildman–Crippen MR) is 64.6 cm³/mol. The topological polar surface area (TPSA) is 38.7 Å². The molecule has 0 spiro atoms. The van der Waals surface area contributed by atoms with Gasteiger partial charge >= 0.3 is 0 Å². The highest BCUT2D eigenvalue weighted by atomic mass is 16.6. The lowest BCUT2D eigenvalue weighted by Crippen LogP contribution is -2.58. The van der Waals surface area contributed by atoms with E-state index in [0.717, 1.165) is 6.42 Å². The van der Waals surface area contributed by atoms with Crippen molar-refractivity contribution in [3.05, 3.63) is 0 Å². The third-order valence-electron chi connectivity index (χ3n) is 3.35. The van der Waals surface area contributed by atoms with Gasteiger partial charge in [-0.25, -0.2) is 0 Å². The summed E-state index contributed by atoms with van der Waals surface area (Å²) in [7, 11) is 0. The van der Waals surface area contributed by atoms with Crippen LogP contribution in [0.25, 0.3) is 0 Å². The van der Waals surface area contributed by atoms with Crippen molar-refractivity contribution in [3.8, 4) is 0 Å². The molecule has 1 heterocycles. The molecule has 0 aromatic heterocycles. The Kier molecular flexibility index (Phi) is 6.32. The summed E-state index contributed by atoms with van der Waals surface area (Å²) in [6, 6.07) is 0. The van der Waals surface area contributed by atoms with E-state index in [2.05, 4.69) is 13.8 Å². The van der Waals surface area contributed by atoms with E-state index >= 15 is 0 Å². The standard InChI is InChI=1S/C13H26O3/c1-3-4-5-6-7-8-12-13(2,11-15-12)16-10-9-14/h12,14H,3-11H2,1-2H3. The fourth-order valence-electron chi connectivity index (χ4n) is 2.17. The Morgan fingerprint density at radius 2 is 2.06 bits per heavy atom. The summed E-state index contributed by atoms with van der Waals surface area (Å²) in [6.07, 6.45) is 7.80. The van der Waals surface area contributed by atoms with E-state index in [0.29, 0.717) is 13.2 Å². The van der Waals surface area contributed by atoms with E-state index in [1.54, 1.807) is 0 Å². The first kappa shape index (κ1) is 13.9. The van der Waals surface area contributed by atoms with E-state index in [1.807, 2.05) is 0 Å². The highest BCUT2D eigenvalue weighted by Crippen LogP contribution is 2.32. The molecule has 0 saturated carbocycles. The lowest BCUT2D eigenvalue weighted by atomic mass is 9.89. The molecule has 16 heavy (non-hydrogen) atoms. The van der Waals surface area contributed by atoms with Gasteiger partial charge in [0.2, 0.25) is 0 Å². The van der Waals surface area contributed by atoms with Crippen molar-refractivity contribution in [1.29, 1.82) is 0 Å². The molecule has 0 aromatic rings. The first-order chi connectivity index (χ1) is 7.73. The Bertz CT molecular complexity index is 184. The molecule has 1 aliphatic rings. The fourth-order valence-corrected chi connectivity index (χ4v) is 2.17. The van der Waals surface area contributed by atoms with Crippen LogP contribution in [-0.2, 0) is 9.47 Å². The number of ether oxygens (including phenoxy) is 2. The minimum absolute atomic E-state index is 0.0960. The molecule has 0 aromatic carbocycles. The summed E-state index contributed by atoms with van der Waals surface area (Å²) in [5, 5.41) is 8.74. The molecule has 2 unspecified atom stereocenters. The lowest BCUT2D eigenvalue weighted by molar-refractivity contribution is -0.255. The second kappa shape index (κ2) is 7.25. The molecule has 3 nitrogen and oxygen atoms in total. The van der Waals surface area contributed by atoms with Gasteiger partial charge in [0.05, 0.1) is 25.9 Å². The Hall–Kier alpha value is -0.120. The van der Waals surface area contributed by atoms with Crippen molar-refractivity contribution in [2.45, 2.75) is 64.1 Å². The smallest absolute Gasteiger partial charge is 0.115 e. The lowest BCUT2D eigenvalue weighted by Gasteiger charge is -2.46. The molecule has 96 valence electrons. The minimum atomic E-state index is -0.145. The van der Waals surface area contributed by atoms with Crippen molar-refractivity contribution in [3.63, 3.8) is 0 Å². The quantitative estimate of drug-likeness (QED) is 0.619. The molecule has 2 atom stereocenters. The number of hydrogen-bond donors (Lipinski definition) is 1. The largest absolute Gasteiger partial charge is 0.394 e. The van der Waals surface area contributed by atoms with Gasteiger partial charge in [0.25, 0.3) is 0 Å². The van der Waals surface area contributed by atoms with Gasteiger partial charge in [-0.1, -0.05) is 39.0 Å². The monoisotopic (exact) mass is 230 g/mol. The predicted octanol–water partition coefficient (Wildman–Crippen LogP) is 2.51. The van der Waals surface area contributed by atoms with Crippen LogP contribution in [0.3, 0.4) is 0 Å². The SMILES string of the molecule is CCCCCCCC1OCC1(C)OCCO. The second-order valence-corrected chi connectivity index (χ2v) is 4.89. The molecular formula is C13H26O3. The van der Waals surface area contributed by atoms with Crippen LogP contribution in [0.15, 0.2) is 0 Å². The van der Waals surface area contributed by atoms with Crippen LogP contribution in [0.2, 0.25) is 0 Å². The average Bonchev–Trinajstić information content (AvgIpc) is 2.29. The maximum atomic E-state index is 8.74. The zero-order valence-electron chi connectivity index (χ0n) is 10.7. The van der Waals surface area contributed by atoms with E-state index in [1.165, 1.54) is 32.1 Å². The summed E-state index contributed by atoms with van der Waals surface area (Å²) in [5.74, 6) is 0. The van der Waals surface area contributed by atoms with E-state index in [4.69, 9.17) is 14.6 Å². The number of aliphatic hydroxyl groups is 1. The summed E-state index contributed by atoms with van der Waals surface area (Å²) < 4.78 is 11.2. The third kappa shape index (κ3) is 4.04. The van der Waals surface area contributed by atoms with Gasteiger partial charge in [0.15, 0.2) is 0 Å². The minimum Gasteiger partial charge on any atom is -0.394 e. The summed E-state index contributed by atoms with van der Waals surface area (Å²) >= 11 is 0. The van der Waals surface area contributed by atoms with E-state index in [-0.39, 0.29) is 18.3 Å². The maximum absolute atomic E-state index is 8.74. The molecule has 0 amide bonds. The maximum Gasteiger partial charge on any atom is 0.115 e. The summed E-state index contributed by atoms with van der Waals surface area (Å²) in [6.45, 7) is 5.51. The molecule has 0 bridgehead atoms. The van der Waals surface area contributed by atoms with E-state index in [9.17, 15) is 0 Å². The van der Waals surface area contributed by atoms with Crippen LogP contribution < -0.4 is 0 Å². The van der Waals surface area contributed by atoms with Crippen LogP contribution >= 0.6 is 0 Å². The van der Waals surface area contributed by atoms with Crippen molar-refractivity contribution in [1.82, 2.24) is 0 Å². The Labute approximate surface area is 99.1 Å². The molecule has 1 aliphatic heterocycles. The van der Waals surface area contributed by atoms with Crippen LogP contribution in [0, 0.1) is 0 Å². The second-order valence-electron chi connectivity index (χ2n) is 4.89. The zero-order chi connectivity index (χ0) is 11.9. The van der Waals surface area contributed by atoms with Crippen LogP contribution in [-0.4, -0.2) is 36.6 Å². The number of rotatable bonds is 9. The molecule has 1 fully saturated rings. The van der Waals surface area contributed by atoms with Gasteiger partial charge in [-0.05, 0) is 13.3 Å². The summed E-state index contributed by atoms with van der Waals surface area (Å²) in [4.78, 5) is 0. The Morgan fingerprint density at radius 1 is 1.31 bits per heavy atom. The fraction of sp³-hybridized carbons (Fsp3) is 1.00. The molecular weight excluding hydrogens is 204 g/mol. The number of aliphatic hydroxyl groups excluding tert-OH is 1. The van der Waals surface area contributed by atoms with Gasteiger partial charge in [-0.2, -0.15) is 0 Å². The summed E-state index contributed by atoms with van der Waals surface area (Å²) in [5.41, 5.74) is -0.145. The van der Waals surface area contributed by atoms with Crippen molar-refractivity contribution in [2.75, 3.05) is 19.8 Å². The Balaban J connectivity index is 2.08. The molecule has 0 aliphatic carbocycles. The van der Waals surface area contributed by atoms with Gasteiger partial charge in [-0.3, -0.25) is 0 Å². The average molecular weight is 230 g/mol. The first-order valence-corrected chi connectivity index (χ1v) is 6.59. The van der Waals surface area contributed by atoms with Gasteiger partial charge in [0, 0.05) is 0 Å². The van der Waals surface area contributed by atoms with Crippen LogP contribution in [0.1, 0.15) is 52.4 Å². The van der Waals surface area contributed by atoms with Crippen molar-refractivity contribution in [2.24, 2.45) is 0 Å². The molecule has 0 radical (unpaired) electrons. The molecule has 3 heteroatoms. The van der Waals surface area contributed by atoms with Crippen molar-refractivity contribution >= 4 is 0 Å². The van der Waals surface area contributed by atoms with Gasteiger partial charge < -0.3 is 14.6 Å². The van der Waals surface area contributed by atoms with Crippen LogP contribution in [0.4, 0.5) is 0 Å². The number of hydrogen-bond acceptors (Lipinski definition) is 3. The first-order valence-electron chi connectivity index (χ1n) is 6.59. The highest BCUT2D eigenvalue weighted by molar-refractivity contribution is 4.93. The van der Waals surface area contributed by atoms with Crippen molar-refractivity contribution < 1.29 is 14.6 Å². The molecule has 1 N–H and O–H groups in total.